The molecule has 0 radical (unpaired) electrons. The first-order valence-electron chi connectivity index (χ1n) is 8.78. The van der Waals surface area contributed by atoms with Crippen LogP contribution in [0.15, 0.2) is 103 Å². The molecule has 4 aromatic carbocycles. The topological polar surface area (TPSA) is 9.23 Å². The summed E-state index contributed by atoms with van der Waals surface area (Å²) < 4.78 is 5.98. The van der Waals surface area contributed by atoms with E-state index in [9.17, 15) is 0 Å². The van der Waals surface area contributed by atoms with Crippen LogP contribution < -0.4 is 4.74 Å². The Bertz CT molecular complexity index is 967. The van der Waals surface area contributed by atoms with Crippen molar-refractivity contribution in [3.63, 3.8) is 0 Å². The third-order valence-corrected chi connectivity index (χ3v) is 4.44. The average Bonchev–Trinajstić information content (AvgIpc) is 2.71. The van der Waals surface area contributed by atoms with Crippen LogP contribution >= 0.6 is 0 Å². The Morgan fingerprint density at radius 3 is 1.27 bits per heavy atom. The molecule has 0 bridgehead atoms. The molecule has 126 valence electrons. The van der Waals surface area contributed by atoms with E-state index in [-0.39, 0.29) is 0 Å². The lowest BCUT2D eigenvalue weighted by Gasteiger charge is -2.08. The van der Waals surface area contributed by atoms with Gasteiger partial charge in [-0.2, -0.15) is 0 Å². The summed E-state index contributed by atoms with van der Waals surface area (Å²) in [4.78, 5) is 0. The van der Waals surface area contributed by atoms with Gasteiger partial charge in [-0.05, 0) is 53.4 Å². The molecule has 0 aliphatic rings. The van der Waals surface area contributed by atoms with Gasteiger partial charge in [0.25, 0.3) is 0 Å². The van der Waals surface area contributed by atoms with E-state index in [2.05, 4.69) is 79.7 Å². The average molecular weight is 336 g/mol. The Morgan fingerprint density at radius 2 is 0.808 bits per heavy atom. The normalized spacial score (nSPS) is 10.5. The molecule has 0 amide bonds. The molecule has 4 aromatic rings. The molecule has 0 unspecified atom stereocenters. The molecular weight excluding hydrogens is 316 g/mol. The maximum absolute atomic E-state index is 5.98. The van der Waals surface area contributed by atoms with Gasteiger partial charge in [0, 0.05) is 0 Å². The van der Waals surface area contributed by atoms with Gasteiger partial charge < -0.3 is 4.74 Å². The second-order valence-corrected chi connectivity index (χ2v) is 6.38. The maximum Gasteiger partial charge on any atom is 0.127 e. The summed E-state index contributed by atoms with van der Waals surface area (Å²) >= 11 is 0. The van der Waals surface area contributed by atoms with Crippen LogP contribution in [0.1, 0.15) is 5.56 Å². The molecule has 26 heavy (non-hydrogen) atoms. The van der Waals surface area contributed by atoms with Gasteiger partial charge in [0.1, 0.15) is 11.5 Å². The lowest BCUT2D eigenvalue weighted by atomic mass is 10.0. The summed E-state index contributed by atoms with van der Waals surface area (Å²) in [5, 5.41) is 0. The summed E-state index contributed by atoms with van der Waals surface area (Å²) in [6, 6.07) is 35.3. The highest BCUT2D eigenvalue weighted by Crippen LogP contribution is 2.28. The Balaban J connectivity index is 1.48. The Morgan fingerprint density at radius 1 is 0.423 bits per heavy atom. The summed E-state index contributed by atoms with van der Waals surface area (Å²) in [6.45, 7) is 2.10. The van der Waals surface area contributed by atoms with E-state index in [0.717, 1.165) is 11.5 Å². The van der Waals surface area contributed by atoms with Gasteiger partial charge in [-0.1, -0.05) is 84.4 Å². The second kappa shape index (κ2) is 7.28. The van der Waals surface area contributed by atoms with E-state index in [1.807, 2.05) is 30.3 Å². The molecule has 0 heterocycles. The predicted octanol–water partition coefficient (Wildman–Crippen LogP) is 7.12. The van der Waals surface area contributed by atoms with Gasteiger partial charge in [-0.3, -0.25) is 0 Å². The molecule has 0 atom stereocenters. The summed E-state index contributed by atoms with van der Waals surface area (Å²) in [7, 11) is 0. The van der Waals surface area contributed by atoms with Gasteiger partial charge in [-0.15, -0.1) is 0 Å². The molecule has 0 aliphatic carbocycles. The van der Waals surface area contributed by atoms with Crippen molar-refractivity contribution in [3.05, 3.63) is 109 Å². The van der Waals surface area contributed by atoms with Gasteiger partial charge in [0.15, 0.2) is 0 Å². The Kier molecular flexibility index (Phi) is 4.53. The molecule has 0 aromatic heterocycles. The smallest absolute Gasteiger partial charge is 0.127 e. The third kappa shape index (κ3) is 3.68. The molecule has 1 heteroatoms. The van der Waals surface area contributed by atoms with Crippen molar-refractivity contribution in [1.82, 2.24) is 0 Å². The molecule has 0 saturated heterocycles. The molecule has 4 rings (SSSR count). The highest BCUT2D eigenvalue weighted by atomic mass is 16.5. The molecule has 0 fully saturated rings. The number of rotatable bonds is 4. The largest absolute Gasteiger partial charge is 0.457 e. The number of hydrogen-bond acceptors (Lipinski definition) is 1. The van der Waals surface area contributed by atoms with Crippen LogP contribution in [0.4, 0.5) is 0 Å². The predicted molar refractivity (Wildman–Crippen MR) is 109 cm³/mol. The van der Waals surface area contributed by atoms with Gasteiger partial charge in [-0.25, -0.2) is 0 Å². The van der Waals surface area contributed by atoms with E-state index in [0.29, 0.717) is 0 Å². The van der Waals surface area contributed by atoms with Crippen LogP contribution in [0, 0.1) is 6.92 Å². The summed E-state index contributed by atoms with van der Waals surface area (Å²) in [5.74, 6) is 1.68. The molecule has 0 spiro atoms. The van der Waals surface area contributed by atoms with Crippen LogP contribution in [0.25, 0.3) is 22.3 Å². The van der Waals surface area contributed by atoms with E-state index >= 15 is 0 Å². The van der Waals surface area contributed by atoms with Crippen molar-refractivity contribution in [3.8, 4) is 33.8 Å². The molecule has 0 saturated carbocycles. The minimum Gasteiger partial charge on any atom is -0.457 e. The van der Waals surface area contributed by atoms with Gasteiger partial charge >= 0.3 is 0 Å². The summed E-state index contributed by atoms with van der Waals surface area (Å²) in [6.07, 6.45) is 0. The first kappa shape index (κ1) is 16.2. The quantitative estimate of drug-likeness (QED) is 0.385. The standard InChI is InChI=1S/C25H20O/c1-19-7-9-21(10-8-19)23-13-17-25(18-14-23)26-24-15-11-22(12-16-24)20-5-3-2-4-6-20/h2-18H,1H3. The van der Waals surface area contributed by atoms with Crippen LogP contribution in [0.2, 0.25) is 0 Å². The van der Waals surface area contributed by atoms with Crippen LogP contribution in [0.5, 0.6) is 11.5 Å². The lowest BCUT2D eigenvalue weighted by Crippen LogP contribution is -1.85. The zero-order valence-electron chi connectivity index (χ0n) is 14.7. The Hall–Kier alpha value is -3.32. The van der Waals surface area contributed by atoms with Crippen molar-refractivity contribution < 1.29 is 4.74 Å². The van der Waals surface area contributed by atoms with Crippen LogP contribution in [0.3, 0.4) is 0 Å². The van der Waals surface area contributed by atoms with Crippen molar-refractivity contribution in [2.45, 2.75) is 6.92 Å². The number of aryl methyl sites for hydroxylation is 1. The van der Waals surface area contributed by atoms with E-state index in [4.69, 9.17) is 4.74 Å². The molecule has 0 N–H and O–H groups in total. The van der Waals surface area contributed by atoms with Crippen molar-refractivity contribution in [1.29, 1.82) is 0 Å². The SMILES string of the molecule is Cc1ccc(-c2ccc(Oc3ccc(-c4ccccc4)cc3)cc2)cc1. The summed E-state index contributed by atoms with van der Waals surface area (Å²) in [5.41, 5.74) is 6.08. The maximum atomic E-state index is 5.98. The zero-order chi connectivity index (χ0) is 17.8. The van der Waals surface area contributed by atoms with Crippen molar-refractivity contribution in [2.75, 3.05) is 0 Å². The van der Waals surface area contributed by atoms with Crippen LogP contribution in [-0.4, -0.2) is 0 Å². The van der Waals surface area contributed by atoms with E-state index in [1.54, 1.807) is 0 Å². The number of hydrogen-bond donors (Lipinski definition) is 0. The second-order valence-electron chi connectivity index (χ2n) is 6.38. The first-order valence-corrected chi connectivity index (χ1v) is 8.78. The first-order chi connectivity index (χ1) is 12.8. The fourth-order valence-electron chi connectivity index (χ4n) is 2.94. The molecule has 0 aliphatic heterocycles. The van der Waals surface area contributed by atoms with Gasteiger partial charge in [0.2, 0.25) is 0 Å². The van der Waals surface area contributed by atoms with Crippen molar-refractivity contribution in [2.24, 2.45) is 0 Å². The number of benzene rings is 4. The monoisotopic (exact) mass is 336 g/mol. The van der Waals surface area contributed by atoms with E-state index < -0.39 is 0 Å². The highest BCUT2D eigenvalue weighted by molar-refractivity contribution is 5.65. The highest BCUT2D eigenvalue weighted by Gasteiger charge is 2.02. The Labute approximate surface area is 154 Å². The van der Waals surface area contributed by atoms with Crippen molar-refractivity contribution >= 4 is 0 Å². The third-order valence-electron chi connectivity index (χ3n) is 4.44. The number of ether oxygens (including phenoxy) is 1. The molecule has 1 nitrogen and oxygen atoms in total. The minimum atomic E-state index is 0.841. The lowest BCUT2D eigenvalue weighted by molar-refractivity contribution is 0.483. The van der Waals surface area contributed by atoms with Gasteiger partial charge in [0.05, 0.1) is 0 Å². The zero-order valence-corrected chi connectivity index (χ0v) is 14.7. The minimum absolute atomic E-state index is 0.841. The fraction of sp³-hybridized carbons (Fsp3) is 0.0400. The van der Waals surface area contributed by atoms with Crippen LogP contribution in [-0.2, 0) is 0 Å². The van der Waals surface area contributed by atoms with E-state index in [1.165, 1.54) is 27.8 Å². The fourth-order valence-corrected chi connectivity index (χ4v) is 2.94. The molecular formula is C25H20O.